The van der Waals surface area contributed by atoms with Crippen molar-refractivity contribution in [3.05, 3.63) is 29.3 Å². The lowest BCUT2D eigenvalue weighted by Crippen LogP contribution is -2.17. The predicted octanol–water partition coefficient (Wildman–Crippen LogP) is 2.87. The molecule has 4 nitrogen and oxygen atoms in total. The van der Waals surface area contributed by atoms with Crippen LogP contribution in [0.25, 0.3) is 0 Å². The maximum Gasteiger partial charge on any atom is 0.341 e. The molecule has 7 heteroatoms. The average molecular weight is 306 g/mol. The first-order valence-corrected chi connectivity index (χ1v) is 7.80. The lowest BCUT2D eigenvalue weighted by molar-refractivity contribution is 0.0685. The van der Waals surface area contributed by atoms with Gasteiger partial charge in [-0.3, -0.25) is 0 Å². The molecule has 1 rings (SSSR count). The Balaban J connectivity index is 3.26. The highest BCUT2D eigenvalue weighted by Crippen LogP contribution is 2.24. The van der Waals surface area contributed by atoms with Gasteiger partial charge in [0.05, 0.1) is 5.75 Å². The fraction of sp³-hybridized carbons (Fsp3) is 0.462. The third kappa shape index (κ3) is 3.53. The van der Waals surface area contributed by atoms with Gasteiger partial charge >= 0.3 is 5.97 Å². The van der Waals surface area contributed by atoms with Crippen LogP contribution in [0.2, 0.25) is 0 Å². The Hall–Kier alpha value is -1.50. The number of hydrogen-bond acceptors (Lipinski definition) is 3. The van der Waals surface area contributed by atoms with Crippen molar-refractivity contribution in [2.45, 2.75) is 31.6 Å². The van der Waals surface area contributed by atoms with Crippen molar-refractivity contribution < 1.29 is 27.1 Å². The van der Waals surface area contributed by atoms with Crippen LogP contribution in [0.1, 0.15) is 37.0 Å². The van der Waals surface area contributed by atoms with E-state index in [9.17, 15) is 22.0 Å². The molecule has 0 fully saturated rings. The van der Waals surface area contributed by atoms with E-state index in [-0.39, 0.29) is 11.7 Å². The molecular formula is C13H16F2O4S. The average Bonchev–Trinajstić information content (AvgIpc) is 2.27. The van der Waals surface area contributed by atoms with Gasteiger partial charge in [-0.25, -0.2) is 22.0 Å². The molecule has 0 aromatic heterocycles. The minimum Gasteiger partial charge on any atom is -0.477 e. The Bertz CT molecular complexity index is 611. The van der Waals surface area contributed by atoms with Crippen LogP contribution in [0.15, 0.2) is 17.0 Å². The summed E-state index contributed by atoms with van der Waals surface area (Å²) >= 11 is 0. The van der Waals surface area contributed by atoms with Crippen molar-refractivity contribution in [3.8, 4) is 0 Å². The van der Waals surface area contributed by atoms with E-state index in [1.807, 2.05) is 6.92 Å². The molecule has 0 heterocycles. The van der Waals surface area contributed by atoms with Gasteiger partial charge in [-0.05, 0) is 24.5 Å². The molecule has 0 amide bonds. The van der Waals surface area contributed by atoms with Crippen molar-refractivity contribution in [2.75, 3.05) is 5.75 Å². The van der Waals surface area contributed by atoms with E-state index < -0.39 is 37.9 Å². The minimum atomic E-state index is -3.99. The number of benzene rings is 1. The number of carboxylic acid groups (broad SMARTS) is 1. The summed E-state index contributed by atoms with van der Waals surface area (Å²) in [6.45, 7) is 3.60. The van der Waals surface area contributed by atoms with Gasteiger partial charge in [-0.1, -0.05) is 20.3 Å². The highest BCUT2D eigenvalue weighted by atomic mass is 32.2. The van der Waals surface area contributed by atoms with Gasteiger partial charge in [0.15, 0.2) is 15.7 Å². The molecule has 112 valence electrons. The van der Waals surface area contributed by atoms with Crippen molar-refractivity contribution in [1.82, 2.24) is 0 Å². The number of sulfone groups is 1. The molecule has 0 aliphatic carbocycles. The van der Waals surface area contributed by atoms with Gasteiger partial charge in [-0.2, -0.15) is 0 Å². The zero-order chi connectivity index (χ0) is 15.5. The van der Waals surface area contributed by atoms with Gasteiger partial charge in [0.1, 0.15) is 16.3 Å². The van der Waals surface area contributed by atoms with Crippen molar-refractivity contribution in [2.24, 2.45) is 5.92 Å². The number of rotatable bonds is 6. The van der Waals surface area contributed by atoms with E-state index in [0.29, 0.717) is 12.5 Å². The number of hydrogen-bond donors (Lipinski definition) is 1. The largest absolute Gasteiger partial charge is 0.477 e. The van der Waals surface area contributed by atoms with E-state index >= 15 is 0 Å². The summed E-state index contributed by atoms with van der Waals surface area (Å²) in [5, 5.41) is 8.73. The molecule has 20 heavy (non-hydrogen) atoms. The lowest BCUT2D eigenvalue weighted by atomic mass is 10.1. The van der Waals surface area contributed by atoms with Crippen molar-refractivity contribution in [1.29, 1.82) is 0 Å². The Morgan fingerprint density at radius 1 is 1.35 bits per heavy atom. The van der Waals surface area contributed by atoms with Crippen molar-refractivity contribution >= 4 is 15.8 Å². The number of halogens is 2. The molecule has 0 spiro atoms. The van der Waals surface area contributed by atoms with Crippen molar-refractivity contribution in [3.63, 3.8) is 0 Å². The van der Waals surface area contributed by atoms with Gasteiger partial charge < -0.3 is 5.11 Å². The van der Waals surface area contributed by atoms with E-state index in [4.69, 9.17) is 5.11 Å². The molecule has 1 atom stereocenters. The summed E-state index contributed by atoms with van der Waals surface area (Å²) in [7, 11) is -3.99. The Kier molecular flexibility index (Phi) is 5.21. The van der Waals surface area contributed by atoms with E-state index in [2.05, 4.69) is 0 Å². The van der Waals surface area contributed by atoms with E-state index in [1.165, 1.54) is 0 Å². The summed E-state index contributed by atoms with van der Waals surface area (Å²) < 4.78 is 51.3. The predicted molar refractivity (Wildman–Crippen MR) is 69.4 cm³/mol. The summed E-state index contributed by atoms with van der Waals surface area (Å²) in [6, 6.07) is 1.43. The molecule has 1 unspecified atom stereocenters. The molecule has 0 bridgehead atoms. The molecular weight excluding hydrogens is 290 g/mol. The molecule has 0 aliphatic rings. The molecule has 0 saturated carbocycles. The van der Waals surface area contributed by atoms with Crippen LogP contribution >= 0.6 is 0 Å². The zero-order valence-electron chi connectivity index (χ0n) is 11.2. The zero-order valence-corrected chi connectivity index (χ0v) is 12.0. The third-order valence-corrected chi connectivity index (χ3v) is 4.88. The van der Waals surface area contributed by atoms with Crippen LogP contribution < -0.4 is 0 Å². The highest BCUT2D eigenvalue weighted by molar-refractivity contribution is 7.91. The second-order valence-corrected chi connectivity index (χ2v) is 6.72. The first-order valence-electron chi connectivity index (χ1n) is 6.14. The van der Waals surface area contributed by atoms with Gasteiger partial charge in [0.25, 0.3) is 0 Å². The lowest BCUT2D eigenvalue weighted by Gasteiger charge is -2.12. The van der Waals surface area contributed by atoms with Crippen LogP contribution in [0.5, 0.6) is 0 Å². The summed E-state index contributed by atoms with van der Waals surface area (Å²) in [4.78, 5) is 10.0. The quantitative estimate of drug-likeness (QED) is 0.820. The highest BCUT2D eigenvalue weighted by Gasteiger charge is 2.27. The van der Waals surface area contributed by atoms with Crippen LogP contribution in [0.4, 0.5) is 8.78 Å². The topological polar surface area (TPSA) is 71.4 Å². The summed E-state index contributed by atoms with van der Waals surface area (Å²) in [5.41, 5.74) is -1.24. The van der Waals surface area contributed by atoms with Crippen LogP contribution in [-0.4, -0.2) is 25.2 Å². The second kappa shape index (κ2) is 6.30. The fourth-order valence-electron chi connectivity index (χ4n) is 2.01. The second-order valence-electron chi connectivity index (χ2n) is 4.71. The molecule has 1 N–H and O–H groups in total. The maximum atomic E-state index is 13.9. The minimum absolute atomic E-state index is 0.192. The first kappa shape index (κ1) is 16.6. The van der Waals surface area contributed by atoms with Crippen LogP contribution in [0.3, 0.4) is 0 Å². The van der Waals surface area contributed by atoms with Gasteiger partial charge in [0.2, 0.25) is 0 Å². The molecule has 0 saturated heterocycles. The monoisotopic (exact) mass is 306 g/mol. The maximum absolute atomic E-state index is 13.9. The fourth-order valence-corrected chi connectivity index (χ4v) is 3.76. The first-order chi connectivity index (χ1) is 9.20. The van der Waals surface area contributed by atoms with Gasteiger partial charge in [0, 0.05) is 0 Å². The molecule has 0 radical (unpaired) electrons. The van der Waals surface area contributed by atoms with Crippen LogP contribution in [0, 0.1) is 17.6 Å². The molecule has 0 aliphatic heterocycles. The SMILES string of the molecule is CCCC(C)CS(=O)(=O)c1ccc(F)c(C(=O)O)c1F. The molecule has 1 aromatic rings. The third-order valence-electron chi connectivity index (χ3n) is 2.89. The number of aromatic carboxylic acids is 1. The smallest absolute Gasteiger partial charge is 0.341 e. The van der Waals surface area contributed by atoms with E-state index in [1.54, 1.807) is 6.92 Å². The van der Waals surface area contributed by atoms with Gasteiger partial charge in [-0.15, -0.1) is 0 Å². The summed E-state index contributed by atoms with van der Waals surface area (Å²) in [6.07, 6.45) is 1.43. The standard InChI is InChI=1S/C13H16F2O4S/c1-3-4-8(2)7-20(18,19)10-6-5-9(14)11(12(10)15)13(16)17/h5-6,8H,3-4,7H2,1-2H3,(H,16,17). The van der Waals surface area contributed by atoms with Crippen LogP contribution in [-0.2, 0) is 9.84 Å². The summed E-state index contributed by atoms with van der Waals surface area (Å²) in [5.74, 6) is -5.17. The van der Waals surface area contributed by atoms with E-state index in [0.717, 1.165) is 12.5 Å². The normalized spacial score (nSPS) is 13.2. The Morgan fingerprint density at radius 2 is 1.95 bits per heavy atom. The number of carboxylic acids is 1. The Labute approximate surface area is 116 Å². The number of carbonyl (C=O) groups is 1. The Morgan fingerprint density at radius 3 is 2.45 bits per heavy atom. The molecule has 1 aromatic carbocycles.